The van der Waals surface area contributed by atoms with Gasteiger partial charge in [0, 0.05) is 19.2 Å². The number of piperidine rings is 1. The maximum atomic E-state index is 5.62. The number of aromatic nitrogens is 1. The molecule has 1 aliphatic heterocycles. The molecule has 0 spiro atoms. The largest absolute Gasteiger partial charge is 0.383 e. The first-order valence-electron chi connectivity index (χ1n) is 5.14. The summed E-state index contributed by atoms with van der Waals surface area (Å²) < 4.78 is 4.11. The Bertz CT molecular complexity index is 310. The SMILES string of the molecule is CC1CCN(c2cc(N)ns2)CC1C. The molecule has 78 valence electrons. The van der Waals surface area contributed by atoms with Gasteiger partial charge in [-0.1, -0.05) is 13.8 Å². The third-order valence-corrected chi connectivity index (χ3v) is 4.03. The van der Waals surface area contributed by atoms with Gasteiger partial charge in [0.05, 0.1) is 0 Å². The molecule has 0 saturated carbocycles. The zero-order valence-corrected chi connectivity index (χ0v) is 9.55. The summed E-state index contributed by atoms with van der Waals surface area (Å²) in [5.74, 6) is 2.26. The lowest BCUT2D eigenvalue weighted by Crippen LogP contribution is -2.37. The molecule has 2 rings (SSSR count). The number of nitrogens with zero attached hydrogens (tertiary/aromatic N) is 2. The molecule has 14 heavy (non-hydrogen) atoms. The lowest BCUT2D eigenvalue weighted by atomic mass is 9.89. The maximum absolute atomic E-state index is 5.62. The van der Waals surface area contributed by atoms with Crippen LogP contribution >= 0.6 is 11.5 Å². The van der Waals surface area contributed by atoms with E-state index in [4.69, 9.17) is 5.73 Å². The highest BCUT2D eigenvalue weighted by atomic mass is 32.1. The Labute approximate surface area is 89.1 Å². The molecular weight excluding hydrogens is 194 g/mol. The lowest BCUT2D eigenvalue weighted by Gasteiger charge is -2.35. The smallest absolute Gasteiger partial charge is 0.139 e. The summed E-state index contributed by atoms with van der Waals surface area (Å²) in [7, 11) is 0. The molecule has 0 aliphatic carbocycles. The van der Waals surface area contributed by atoms with Gasteiger partial charge in [0.15, 0.2) is 0 Å². The second-order valence-corrected chi connectivity index (χ2v) is 5.06. The van der Waals surface area contributed by atoms with Gasteiger partial charge >= 0.3 is 0 Å². The first-order valence-corrected chi connectivity index (χ1v) is 5.91. The Morgan fingerprint density at radius 2 is 2.29 bits per heavy atom. The van der Waals surface area contributed by atoms with Crippen LogP contribution in [0.4, 0.5) is 10.8 Å². The van der Waals surface area contributed by atoms with Gasteiger partial charge in [-0.3, -0.25) is 0 Å². The highest BCUT2D eigenvalue weighted by molar-refractivity contribution is 7.10. The third-order valence-electron chi connectivity index (χ3n) is 3.16. The van der Waals surface area contributed by atoms with Gasteiger partial charge < -0.3 is 10.6 Å². The van der Waals surface area contributed by atoms with Crippen molar-refractivity contribution in [2.24, 2.45) is 11.8 Å². The molecule has 1 aromatic rings. The summed E-state index contributed by atoms with van der Waals surface area (Å²) in [4.78, 5) is 2.40. The van der Waals surface area contributed by atoms with Crippen molar-refractivity contribution in [3.63, 3.8) is 0 Å². The van der Waals surface area contributed by atoms with Gasteiger partial charge in [0.2, 0.25) is 0 Å². The van der Waals surface area contributed by atoms with Crippen LogP contribution in [-0.4, -0.2) is 17.5 Å². The van der Waals surface area contributed by atoms with Crippen LogP contribution in [0.2, 0.25) is 0 Å². The summed E-state index contributed by atoms with van der Waals surface area (Å²) in [5.41, 5.74) is 5.62. The summed E-state index contributed by atoms with van der Waals surface area (Å²) in [5, 5.41) is 1.22. The molecule has 2 heterocycles. The minimum Gasteiger partial charge on any atom is -0.383 e. The number of hydrogen-bond donors (Lipinski definition) is 1. The molecule has 1 saturated heterocycles. The van der Waals surface area contributed by atoms with E-state index < -0.39 is 0 Å². The molecule has 2 unspecified atom stereocenters. The minimum absolute atomic E-state index is 0.649. The molecule has 1 aromatic heterocycles. The third kappa shape index (κ3) is 1.85. The fourth-order valence-electron chi connectivity index (χ4n) is 1.89. The maximum Gasteiger partial charge on any atom is 0.139 e. The van der Waals surface area contributed by atoms with Crippen LogP contribution in [0.25, 0.3) is 0 Å². The van der Waals surface area contributed by atoms with E-state index in [2.05, 4.69) is 23.1 Å². The summed E-state index contributed by atoms with van der Waals surface area (Å²) >= 11 is 1.51. The van der Waals surface area contributed by atoms with Crippen LogP contribution in [0.1, 0.15) is 20.3 Å². The quantitative estimate of drug-likeness (QED) is 0.774. The van der Waals surface area contributed by atoms with Gasteiger partial charge in [-0.05, 0) is 29.8 Å². The van der Waals surface area contributed by atoms with Crippen molar-refractivity contribution in [1.29, 1.82) is 0 Å². The molecule has 2 atom stereocenters. The van der Waals surface area contributed by atoms with E-state index in [1.54, 1.807) is 0 Å². The Morgan fingerprint density at radius 1 is 1.50 bits per heavy atom. The Kier molecular flexibility index (Phi) is 2.63. The van der Waals surface area contributed by atoms with Crippen molar-refractivity contribution in [3.8, 4) is 0 Å². The summed E-state index contributed by atoms with van der Waals surface area (Å²) in [6.45, 7) is 6.94. The zero-order valence-electron chi connectivity index (χ0n) is 8.73. The van der Waals surface area contributed by atoms with Gasteiger partial charge in [-0.25, -0.2) is 0 Å². The van der Waals surface area contributed by atoms with Crippen LogP contribution in [0.15, 0.2) is 6.07 Å². The normalized spacial score (nSPS) is 28.0. The predicted octanol–water partition coefficient (Wildman–Crippen LogP) is 2.21. The number of rotatable bonds is 1. The monoisotopic (exact) mass is 211 g/mol. The highest BCUT2D eigenvalue weighted by Gasteiger charge is 2.23. The highest BCUT2D eigenvalue weighted by Crippen LogP contribution is 2.30. The Balaban J connectivity index is 2.06. The van der Waals surface area contributed by atoms with Gasteiger partial charge in [0.25, 0.3) is 0 Å². The van der Waals surface area contributed by atoms with Crippen LogP contribution in [0.5, 0.6) is 0 Å². The van der Waals surface area contributed by atoms with E-state index in [-0.39, 0.29) is 0 Å². The number of hydrogen-bond acceptors (Lipinski definition) is 4. The summed E-state index contributed by atoms with van der Waals surface area (Å²) in [6.07, 6.45) is 1.28. The average Bonchev–Trinajstić information content (AvgIpc) is 2.57. The van der Waals surface area contributed by atoms with E-state index >= 15 is 0 Å². The van der Waals surface area contributed by atoms with Crippen molar-refractivity contribution in [2.75, 3.05) is 23.7 Å². The van der Waals surface area contributed by atoms with Gasteiger partial charge in [-0.15, -0.1) is 0 Å². The average molecular weight is 211 g/mol. The molecule has 0 amide bonds. The van der Waals surface area contributed by atoms with Gasteiger partial charge in [-0.2, -0.15) is 4.37 Å². The molecule has 1 aliphatic rings. The van der Waals surface area contributed by atoms with Crippen molar-refractivity contribution in [3.05, 3.63) is 6.07 Å². The van der Waals surface area contributed by atoms with Crippen molar-refractivity contribution < 1.29 is 0 Å². The first-order chi connectivity index (χ1) is 6.66. The number of anilines is 2. The van der Waals surface area contributed by atoms with Crippen LogP contribution in [-0.2, 0) is 0 Å². The fourth-order valence-corrected chi connectivity index (χ4v) is 2.60. The van der Waals surface area contributed by atoms with Crippen molar-refractivity contribution >= 4 is 22.4 Å². The van der Waals surface area contributed by atoms with Crippen molar-refractivity contribution in [2.45, 2.75) is 20.3 Å². The topological polar surface area (TPSA) is 42.1 Å². The van der Waals surface area contributed by atoms with E-state index in [1.807, 2.05) is 6.07 Å². The van der Waals surface area contributed by atoms with Crippen molar-refractivity contribution in [1.82, 2.24) is 4.37 Å². The predicted molar refractivity (Wildman–Crippen MR) is 61.7 cm³/mol. The number of nitrogens with two attached hydrogens (primary N) is 1. The van der Waals surface area contributed by atoms with E-state index in [0.29, 0.717) is 5.82 Å². The van der Waals surface area contributed by atoms with E-state index in [1.165, 1.54) is 23.0 Å². The molecule has 0 bridgehead atoms. The molecule has 2 N–H and O–H groups in total. The first kappa shape index (κ1) is 9.77. The Morgan fingerprint density at radius 3 is 2.86 bits per heavy atom. The summed E-state index contributed by atoms with van der Waals surface area (Å²) in [6, 6.07) is 1.98. The standard InChI is InChI=1S/C10H17N3S/c1-7-3-4-13(6-8(7)2)10-5-9(11)12-14-10/h5,7-8H,3-4,6H2,1-2H3,(H2,11,12). The molecule has 1 fully saturated rings. The van der Waals surface area contributed by atoms with Crippen LogP contribution < -0.4 is 10.6 Å². The molecule has 4 heteroatoms. The van der Waals surface area contributed by atoms with E-state index in [9.17, 15) is 0 Å². The van der Waals surface area contributed by atoms with Crippen LogP contribution in [0.3, 0.4) is 0 Å². The Hall–Kier alpha value is -0.770. The lowest BCUT2D eigenvalue weighted by molar-refractivity contribution is 0.325. The fraction of sp³-hybridized carbons (Fsp3) is 0.700. The van der Waals surface area contributed by atoms with E-state index in [0.717, 1.165) is 24.9 Å². The molecule has 0 aromatic carbocycles. The molecule has 3 nitrogen and oxygen atoms in total. The number of nitrogen functional groups attached to an aromatic ring is 1. The van der Waals surface area contributed by atoms with Crippen LogP contribution in [0, 0.1) is 11.8 Å². The minimum atomic E-state index is 0.649. The zero-order chi connectivity index (χ0) is 10.1. The second kappa shape index (κ2) is 3.77. The second-order valence-electron chi connectivity index (χ2n) is 4.28. The molecule has 0 radical (unpaired) electrons. The molecular formula is C10H17N3S. The van der Waals surface area contributed by atoms with Gasteiger partial charge in [0.1, 0.15) is 10.8 Å².